The van der Waals surface area contributed by atoms with Gasteiger partial charge in [0, 0.05) is 19.7 Å². The van der Waals surface area contributed by atoms with Crippen LogP contribution < -0.4 is 5.32 Å². The molecule has 1 unspecified atom stereocenters. The summed E-state index contributed by atoms with van der Waals surface area (Å²) in [6.45, 7) is 7.70. The van der Waals surface area contributed by atoms with Crippen LogP contribution in [0.2, 0.25) is 0 Å². The number of hydrogen-bond acceptors (Lipinski definition) is 3. The molecule has 0 aromatic carbocycles. The molecular formula is C17H33NO2. The Morgan fingerprint density at radius 3 is 2.55 bits per heavy atom. The summed E-state index contributed by atoms with van der Waals surface area (Å²) in [5.41, 5.74) is 0.489. The van der Waals surface area contributed by atoms with E-state index >= 15 is 0 Å². The maximum Gasteiger partial charge on any atom is 0.0897 e. The Labute approximate surface area is 124 Å². The Morgan fingerprint density at radius 2 is 1.95 bits per heavy atom. The number of aliphatic hydroxyl groups is 1. The van der Waals surface area contributed by atoms with Crippen molar-refractivity contribution in [1.82, 2.24) is 5.32 Å². The van der Waals surface area contributed by atoms with E-state index in [0.29, 0.717) is 18.6 Å². The highest BCUT2D eigenvalue weighted by atomic mass is 16.5. The fourth-order valence-electron chi connectivity index (χ4n) is 3.66. The molecule has 2 aliphatic carbocycles. The summed E-state index contributed by atoms with van der Waals surface area (Å²) in [6, 6.07) is 0. The Hall–Kier alpha value is -0.120. The Bertz CT molecular complexity index is 270. The van der Waals surface area contributed by atoms with Crippen molar-refractivity contribution < 1.29 is 9.84 Å². The van der Waals surface area contributed by atoms with Crippen LogP contribution in [0, 0.1) is 17.3 Å². The second-order valence-corrected chi connectivity index (χ2v) is 7.57. The van der Waals surface area contributed by atoms with Gasteiger partial charge in [0.15, 0.2) is 0 Å². The van der Waals surface area contributed by atoms with E-state index in [2.05, 4.69) is 19.2 Å². The fourth-order valence-corrected chi connectivity index (χ4v) is 3.66. The van der Waals surface area contributed by atoms with Gasteiger partial charge in [-0.05, 0) is 49.4 Å². The first kappa shape index (κ1) is 16.3. The van der Waals surface area contributed by atoms with E-state index in [0.717, 1.165) is 25.0 Å². The summed E-state index contributed by atoms with van der Waals surface area (Å²) in [6.07, 6.45) is 9.04. The monoisotopic (exact) mass is 283 g/mol. The molecule has 3 heteroatoms. The molecular weight excluding hydrogens is 250 g/mol. The molecule has 0 amide bonds. The van der Waals surface area contributed by atoms with E-state index in [1.165, 1.54) is 44.9 Å². The van der Waals surface area contributed by atoms with Crippen LogP contribution in [-0.2, 0) is 4.74 Å². The van der Waals surface area contributed by atoms with Gasteiger partial charge in [-0.2, -0.15) is 0 Å². The van der Waals surface area contributed by atoms with Crippen molar-refractivity contribution in [2.75, 3.05) is 26.3 Å². The van der Waals surface area contributed by atoms with E-state index in [4.69, 9.17) is 4.74 Å². The number of rotatable bonds is 10. The zero-order valence-corrected chi connectivity index (χ0v) is 13.4. The summed E-state index contributed by atoms with van der Waals surface area (Å²) < 4.78 is 5.54. The van der Waals surface area contributed by atoms with E-state index in [-0.39, 0.29) is 6.10 Å². The highest BCUT2D eigenvalue weighted by Gasteiger charge is 2.33. The molecule has 2 fully saturated rings. The molecule has 0 spiro atoms. The van der Waals surface area contributed by atoms with Gasteiger partial charge in [-0.3, -0.25) is 0 Å². The zero-order chi connectivity index (χ0) is 14.4. The van der Waals surface area contributed by atoms with Gasteiger partial charge in [-0.25, -0.2) is 0 Å². The predicted octanol–water partition coefficient (Wildman–Crippen LogP) is 2.97. The lowest BCUT2D eigenvalue weighted by molar-refractivity contribution is 0.0308. The van der Waals surface area contributed by atoms with Crippen molar-refractivity contribution in [2.24, 2.45) is 17.3 Å². The van der Waals surface area contributed by atoms with Crippen molar-refractivity contribution in [1.29, 1.82) is 0 Å². The van der Waals surface area contributed by atoms with E-state index in [1.54, 1.807) is 0 Å². The summed E-state index contributed by atoms with van der Waals surface area (Å²) in [7, 11) is 0. The zero-order valence-electron chi connectivity index (χ0n) is 13.4. The molecule has 0 bridgehead atoms. The van der Waals surface area contributed by atoms with Crippen LogP contribution >= 0.6 is 0 Å². The molecule has 20 heavy (non-hydrogen) atoms. The topological polar surface area (TPSA) is 41.5 Å². The molecule has 2 rings (SSSR count). The minimum absolute atomic E-state index is 0.355. The quantitative estimate of drug-likeness (QED) is 0.647. The summed E-state index contributed by atoms with van der Waals surface area (Å²) in [5.74, 6) is 1.55. The number of hydrogen-bond donors (Lipinski definition) is 2. The highest BCUT2D eigenvalue weighted by molar-refractivity contribution is 4.87. The van der Waals surface area contributed by atoms with Crippen LogP contribution in [-0.4, -0.2) is 37.5 Å². The number of nitrogens with one attached hydrogen (secondary N) is 1. The van der Waals surface area contributed by atoms with Gasteiger partial charge in [-0.15, -0.1) is 0 Å². The average molecular weight is 283 g/mol. The molecule has 3 nitrogen and oxygen atoms in total. The number of ether oxygens (including phenoxy) is 1. The Morgan fingerprint density at radius 1 is 1.25 bits per heavy atom. The van der Waals surface area contributed by atoms with Gasteiger partial charge in [-0.1, -0.05) is 26.7 Å². The largest absolute Gasteiger partial charge is 0.389 e. The first-order valence-electron chi connectivity index (χ1n) is 8.56. The van der Waals surface area contributed by atoms with Gasteiger partial charge in [0.25, 0.3) is 0 Å². The summed E-state index contributed by atoms with van der Waals surface area (Å²) >= 11 is 0. The van der Waals surface area contributed by atoms with Crippen molar-refractivity contribution >= 4 is 0 Å². The lowest BCUT2D eigenvalue weighted by Gasteiger charge is -2.31. The van der Waals surface area contributed by atoms with Gasteiger partial charge in [0.1, 0.15) is 0 Å². The van der Waals surface area contributed by atoms with Crippen LogP contribution in [0.1, 0.15) is 58.8 Å². The first-order valence-corrected chi connectivity index (χ1v) is 8.56. The van der Waals surface area contributed by atoms with Crippen molar-refractivity contribution in [2.45, 2.75) is 64.9 Å². The minimum Gasteiger partial charge on any atom is -0.389 e. The predicted molar refractivity (Wildman–Crippen MR) is 82.8 cm³/mol. The van der Waals surface area contributed by atoms with Crippen LogP contribution in [0.3, 0.4) is 0 Å². The first-order chi connectivity index (χ1) is 9.60. The molecule has 2 aliphatic rings. The second-order valence-electron chi connectivity index (χ2n) is 7.57. The molecule has 2 saturated carbocycles. The van der Waals surface area contributed by atoms with E-state index < -0.39 is 0 Å². The maximum absolute atomic E-state index is 9.93. The summed E-state index contributed by atoms with van der Waals surface area (Å²) in [4.78, 5) is 0. The van der Waals surface area contributed by atoms with Crippen LogP contribution in [0.25, 0.3) is 0 Å². The molecule has 2 N–H and O–H groups in total. The van der Waals surface area contributed by atoms with Gasteiger partial charge in [0.2, 0.25) is 0 Å². The Balaban J connectivity index is 1.59. The van der Waals surface area contributed by atoms with Crippen molar-refractivity contribution in [3.63, 3.8) is 0 Å². The molecule has 0 saturated heterocycles. The van der Waals surface area contributed by atoms with Crippen molar-refractivity contribution in [3.05, 3.63) is 0 Å². The van der Waals surface area contributed by atoms with Gasteiger partial charge < -0.3 is 15.2 Å². The third-order valence-corrected chi connectivity index (χ3v) is 4.75. The Kier molecular flexibility index (Phi) is 6.31. The fraction of sp³-hybridized carbons (Fsp3) is 1.00. The third kappa shape index (κ3) is 5.71. The lowest BCUT2D eigenvalue weighted by Crippen LogP contribution is -2.38. The molecule has 118 valence electrons. The molecule has 0 radical (unpaired) electrons. The SMILES string of the molecule is CC(C)CC1(CNCC(O)COCC2CC2)CCCC1. The lowest BCUT2D eigenvalue weighted by atomic mass is 9.78. The molecule has 1 atom stereocenters. The normalized spacial score (nSPS) is 23.4. The molecule has 0 aliphatic heterocycles. The smallest absolute Gasteiger partial charge is 0.0897 e. The molecule has 0 aromatic heterocycles. The van der Waals surface area contributed by atoms with E-state index in [9.17, 15) is 5.11 Å². The van der Waals surface area contributed by atoms with Crippen molar-refractivity contribution in [3.8, 4) is 0 Å². The average Bonchev–Trinajstić information content (AvgIpc) is 3.09. The minimum atomic E-state index is -0.355. The van der Waals surface area contributed by atoms with Crippen LogP contribution in [0.15, 0.2) is 0 Å². The highest BCUT2D eigenvalue weighted by Crippen LogP contribution is 2.42. The van der Waals surface area contributed by atoms with Gasteiger partial charge in [0.05, 0.1) is 12.7 Å². The standard InChI is InChI=1S/C17H33NO2/c1-14(2)9-17(7-3-4-8-17)13-18-10-16(19)12-20-11-15-5-6-15/h14-16,18-19H,3-13H2,1-2H3. The molecule has 0 heterocycles. The number of aliphatic hydroxyl groups excluding tert-OH is 1. The van der Waals surface area contributed by atoms with Gasteiger partial charge >= 0.3 is 0 Å². The van der Waals surface area contributed by atoms with E-state index in [1.807, 2.05) is 0 Å². The van der Waals surface area contributed by atoms with Crippen LogP contribution in [0.4, 0.5) is 0 Å². The van der Waals surface area contributed by atoms with Crippen LogP contribution in [0.5, 0.6) is 0 Å². The second kappa shape index (κ2) is 7.77. The summed E-state index contributed by atoms with van der Waals surface area (Å²) in [5, 5.41) is 13.4. The maximum atomic E-state index is 9.93. The molecule has 0 aromatic rings. The third-order valence-electron chi connectivity index (χ3n) is 4.75.